The maximum atomic E-state index is 14.2. The highest BCUT2D eigenvalue weighted by Gasteiger charge is 2.58. The Kier molecular flexibility index (Phi) is 4.18. The lowest BCUT2D eigenvalue weighted by atomic mass is 9.94. The second kappa shape index (κ2) is 5.63. The summed E-state index contributed by atoms with van der Waals surface area (Å²) in [6.45, 7) is 3.77. The number of aromatic hydroxyl groups is 1. The van der Waals surface area contributed by atoms with Gasteiger partial charge in [-0.15, -0.1) is 0 Å². The molecule has 2 aromatic carbocycles. The Labute approximate surface area is 126 Å². The van der Waals surface area contributed by atoms with E-state index in [-0.39, 0.29) is 11.7 Å². The van der Waals surface area contributed by atoms with Crippen LogP contribution >= 0.6 is 0 Å². The summed E-state index contributed by atoms with van der Waals surface area (Å²) in [5.41, 5.74) is -0.786. The van der Waals surface area contributed by atoms with E-state index in [0.29, 0.717) is 0 Å². The first kappa shape index (κ1) is 16.3. The van der Waals surface area contributed by atoms with Gasteiger partial charge in [0, 0.05) is 11.1 Å². The zero-order valence-electron chi connectivity index (χ0n) is 12.2. The molecular formula is C17H16F4O. The van der Waals surface area contributed by atoms with Crippen molar-refractivity contribution in [2.45, 2.75) is 31.6 Å². The van der Waals surface area contributed by atoms with Crippen molar-refractivity contribution in [3.63, 3.8) is 0 Å². The smallest absolute Gasteiger partial charge is 0.339 e. The molecule has 118 valence electrons. The summed E-state index contributed by atoms with van der Waals surface area (Å²) >= 11 is 0. The van der Waals surface area contributed by atoms with Gasteiger partial charge in [0.15, 0.2) is 0 Å². The SMILES string of the molecule is CC(C)c1ccc(C(F)(F)C(F)(F)c2ccc(O)cc2)cc1. The Morgan fingerprint density at radius 3 is 1.45 bits per heavy atom. The molecule has 0 fully saturated rings. The number of hydrogen-bond donors (Lipinski definition) is 1. The van der Waals surface area contributed by atoms with Gasteiger partial charge in [0.1, 0.15) is 5.75 Å². The van der Waals surface area contributed by atoms with E-state index in [9.17, 15) is 17.6 Å². The molecule has 2 aromatic rings. The van der Waals surface area contributed by atoms with Gasteiger partial charge in [-0.2, -0.15) is 17.6 Å². The van der Waals surface area contributed by atoms with Crippen LogP contribution in [0.4, 0.5) is 17.6 Å². The fourth-order valence-corrected chi connectivity index (χ4v) is 2.11. The van der Waals surface area contributed by atoms with Gasteiger partial charge >= 0.3 is 11.8 Å². The predicted molar refractivity (Wildman–Crippen MR) is 76.4 cm³/mol. The number of benzene rings is 2. The molecule has 0 saturated heterocycles. The van der Waals surface area contributed by atoms with Crippen LogP contribution in [-0.2, 0) is 11.8 Å². The first-order valence-corrected chi connectivity index (χ1v) is 6.82. The van der Waals surface area contributed by atoms with Crippen LogP contribution in [0, 0.1) is 0 Å². The maximum absolute atomic E-state index is 14.2. The van der Waals surface area contributed by atoms with Crippen LogP contribution in [-0.4, -0.2) is 5.11 Å². The molecule has 1 N–H and O–H groups in total. The molecule has 0 saturated carbocycles. The Morgan fingerprint density at radius 2 is 1.09 bits per heavy atom. The number of phenols is 1. The molecule has 0 aliphatic heterocycles. The van der Waals surface area contributed by atoms with Crippen LogP contribution < -0.4 is 0 Å². The molecular weight excluding hydrogens is 296 g/mol. The number of rotatable bonds is 4. The first-order valence-electron chi connectivity index (χ1n) is 6.82. The van der Waals surface area contributed by atoms with Crippen LogP contribution in [0.1, 0.15) is 36.5 Å². The van der Waals surface area contributed by atoms with E-state index < -0.39 is 23.0 Å². The molecule has 0 radical (unpaired) electrons. The lowest BCUT2D eigenvalue weighted by molar-refractivity contribution is -0.223. The Hall–Kier alpha value is -2.04. The van der Waals surface area contributed by atoms with Gasteiger partial charge in [0.25, 0.3) is 0 Å². The van der Waals surface area contributed by atoms with Crippen molar-refractivity contribution in [1.82, 2.24) is 0 Å². The van der Waals surface area contributed by atoms with Gasteiger partial charge in [0.05, 0.1) is 0 Å². The van der Waals surface area contributed by atoms with Gasteiger partial charge in [-0.1, -0.05) is 38.1 Å². The molecule has 0 amide bonds. The van der Waals surface area contributed by atoms with Gasteiger partial charge in [-0.3, -0.25) is 0 Å². The highest BCUT2D eigenvalue weighted by Crippen LogP contribution is 2.49. The normalized spacial score (nSPS) is 12.7. The molecule has 0 aliphatic rings. The average Bonchev–Trinajstić information content (AvgIpc) is 2.47. The summed E-state index contributed by atoms with van der Waals surface area (Å²) in [6, 6.07) is 8.44. The Morgan fingerprint density at radius 1 is 0.727 bits per heavy atom. The Balaban J connectivity index is 2.40. The van der Waals surface area contributed by atoms with E-state index in [1.807, 2.05) is 13.8 Å². The molecule has 0 heterocycles. The molecule has 0 bridgehead atoms. The second-order valence-corrected chi connectivity index (χ2v) is 5.47. The van der Waals surface area contributed by atoms with E-state index in [4.69, 9.17) is 5.11 Å². The minimum atomic E-state index is -4.37. The number of phenolic OH excluding ortho intramolecular Hbond substituents is 1. The highest BCUT2D eigenvalue weighted by atomic mass is 19.3. The summed E-state index contributed by atoms with van der Waals surface area (Å²) in [6.07, 6.45) is 0. The van der Waals surface area contributed by atoms with Crippen molar-refractivity contribution < 1.29 is 22.7 Å². The molecule has 5 heteroatoms. The highest BCUT2D eigenvalue weighted by molar-refractivity contribution is 5.35. The van der Waals surface area contributed by atoms with Crippen molar-refractivity contribution in [1.29, 1.82) is 0 Å². The van der Waals surface area contributed by atoms with Crippen molar-refractivity contribution in [3.8, 4) is 5.75 Å². The summed E-state index contributed by atoms with van der Waals surface area (Å²) in [4.78, 5) is 0. The molecule has 22 heavy (non-hydrogen) atoms. The maximum Gasteiger partial charge on any atom is 0.339 e. The lowest BCUT2D eigenvalue weighted by Gasteiger charge is -2.27. The third kappa shape index (κ3) is 2.80. The number of halogens is 4. The molecule has 2 rings (SSSR count). The van der Waals surface area contributed by atoms with Crippen LogP contribution in [0.3, 0.4) is 0 Å². The summed E-state index contributed by atoms with van der Waals surface area (Å²) in [5.74, 6) is -8.86. The third-order valence-corrected chi connectivity index (χ3v) is 3.56. The lowest BCUT2D eigenvalue weighted by Crippen LogP contribution is -2.35. The number of alkyl halides is 4. The number of hydrogen-bond acceptors (Lipinski definition) is 1. The van der Waals surface area contributed by atoms with E-state index >= 15 is 0 Å². The minimum Gasteiger partial charge on any atom is -0.508 e. The molecule has 0 unspecified atom stereocenters. The topological polar surface area (TPSA) is 20.2 Å². The summed E-state index contributed by atoms with van der Waals surface area (Å²) in [7, 11) is 0. The van der Waals surface area contributed by atoms with Crippen LogP contribution in [0.5, 0.6) is 5.75 Å². The van der Waals surface area contributed by atoms with Crippen molar-refractivity contribution in [2.75, 3.05) is 0 Å². The zero-order valence-corrected chi connectivity index (χ0v) is 12.2. The fraction of sp³-hybridized carbons (Fsp3) is 0.294. The standard InChI is InChI=1S/C17H16F4O/c1-11(2)12-3-5-13(6-4-12)16(18,19)17(20,21)14-7-9-15(22)10-8-14/h3-11,22H,1-2H3. The molecule has 0 aromatic heterocycles. The van der Waals surface area contributed by atoms with E-state index in [2.05, 4.69) is 0 Å². The molecule has 0 spiro atoms. The quantitative estimate of drug-likeness (QED) is 0.749. The molecule has 1 nitrogen and oxygen atoms in total. The van der Waals surface area contributed by atoms with Crippen LogP contribution in [0.15, 0.2) is 48.5 Å². The average molecular weight is 312 g/mol. The summed E-state index contributed by atoms with van der Waals surface area (Å²) < 4.78 is 56.8. The van der Waals surface area contributed by atoms with E-state index in [1.165, 1.54) is 12.1 Å². The van der Waals surface area contributed by atoms with Crippen LogP contribution in [0.2, 0.25) is 0 Å². The second-order valence-electron chi connectivity index (χ2n) is 5.47. The van der Waals surface area contributed by atoms with Gasteiger partial charge in [-0.25, -0.2) is 0 Å². The first-order chi connectivity index (χ1) is 10.2. The molecule has 0 atom stereocenters. The minimum absolute atomic E-state index is 0.125. The third-order valence-electron chi connectivity index (χ3n) is 3.56. The predicted octanol–water partition coefficient (Wildman–Crippen LogP) is 5.40. The van der Waals surface area contributed by atoms with Crippen molar-refractivity contribution in [2.24, 2.45) is 0 Å². The van der Waals surface area contributed by atoms with Crippen molar-refractivity contribution in [3.05, 3.63) is 65.2 Å². The summed E-state index contributed by atoms with van der Waals surface area (Å²) in [5, 5.41) is 9.09. The van der Waals surface area contributed by atoms with E-state index in [0.717, 1.165) is 42.0 Å². The largest absolute Gasteiger partial charge is 0.508 e. The van der Waals surface area contributed by atoms with Crippen LogP contribution in [0.25, 0.3) is 0 Å². The van der Waals surface area contributed by atoms with Crippen molar-refractivity contribution >= 4 is 0 Å². The monoisotopic (exact) mass is 312 g/mol. The zero-order chi connectivity index (χ0) is 16.5. The van der Waals surface area contributed by atoms with E-state index in [1.54, 1.807) is 0 Å². The van der Waals surface area contributed by atoms with Gasteiger partial charge in [-0.05, 0) is 35.7 Å². The molecule has 0 aliphatic carbocycles. The Bertz CT molecular complexity index is 631. The fourth-order valence-electron chi connectivity index (χ4n) is 2.11. The van der Waals surface area contributed by atoms with Gasteiger partial charge in [0.2, 0.25) is 0 Å². The van der Waals surface area contributed by atoms with Gasteiger partial charge < -0.3 is 5.11 Å².